The second-order valence-electron chi connectivity index (χ2n) is 5.05. The van der Waals surface area contributed by atoms with Crippen molar-refractivity contribution in [2.75, 3.05) is 12.4 Å². The van der Waals surface area contributed by atoms with Gasteiger partial charge in [0.05, 0.1) is 18.8 Å². The minimum Gasteiger partial charge on any atom is -0.465 e. The van der Waals surface area contributed by atoms with Crippen LogP contribution >= 0.6 is 11.3 Å². The largest absolute Gasteiger partial charge is 0.465 e. The lowest BCUT2D eigenvalue weighted by Gasteiger charge is -2.15. The highest BCUT2D eigenvalue weighted by Crippen LogP contribution is 2.36. The first-order valence-electron chi connectivity index (χ1n) is 6.62. The number of methoxy groups -OCH3 is 1. The molecule has 6 heteroatoms. The molecule has 1 amide bonds. The van der Waals surface area contributed by atoms with E-state index in [0.717, 1.165) is 10.1 Å². The predicted octanol–water partition coefficient (Wildman–Crippen LogP) is 2.61. The first-order chi connectivity index (χ1) is 9.95. The van der Waals surface area contributed by atoms with E-state index in [4.69, 9.17) is 10.5 Å². The molecular weight excluding hydrogens is 288 g/mol. The number of fused-ring (bicyclic) bond motifs is 1. The first-order valence-corrected chi connectivity index (χ1v) is 7.43. The number of rotatable bonds is 4. The molecule has 2 aromatic rings. The van der Waals surface area contributed by atoms with Gasteiger partial charge in [-0.25, -0.2) is 4.79 Å². The second kappa shape index (κ2) is 6.24. The number of thiophene rings is 1. The molecule has 0 saturated heterocycles. The lowest BCUT2D eigenvalue weighted by atomic mass is 10.0. The minimum atomic E-state index is -0.630. The number of ether oxygens (including phenoxy) is 1. The molecule has 2 rings (SSSR count). The van der Waals surface area contributed by atoms with Gasteiger partial charge in [-0.2, -0.15) is 0 Å². The zero-order valence-corrected chi connectivity index (χ0v) is 13.0. The van der Waals surface area contributed by atoms with Crippen LogP contribution in [0.1, 0.15) is 23.5 Å². The number of hydrogen-bond acceptors (Lipinski definition) is 5. The summed E-state index contributed by atoms with van der Waals surface area (Å²) < 4.78 is 5.69. The van der Waals surface area contributed by atoms with Gasteiger partial charge >= 0.3 is 5.97 Å². The Kier molecular flexibility index (Phi) is 4.59. The van der Waals surface area contributed by atoms with Crippen molar-refractivity contribution < 1.29 is 14.3 Å². The smallest absolute Gasteiger partial charge is 0.350 e. The summed E-state index contributed by atoms with van der Waals surface area (Å²) >= 11 is 1.29. The van der Waals surface area contributed by atoms with Crippen molar-refractivity contribution in [1.29, 1.82) is 0 Å². The van der Waals surface area contributed by atoms with E-state index in [1.165, 1.54) is 18.4 Å². The molecule has 112 valence electrons. The maximum Gasteiger partial charge on any atom is 0.350 e. The molecule has 0 aliphatic rings. The maximum atomic E-state index is 12.2. The zero-order valence-electron chi connectivity index (χ0n) is 12.2. The van der Waals surface area contributed by atoms with E-state index in [0.29, 0.717) is 10.6 Å². The zero-order chi connectivity index (χ0) is 15.6. The quantitative estimate of drug-likeness (QED) is 0.851. The molecule has 0 unspecified atom stereocenters. The number of carbonyl (C=O) groups is 2. The highest BCUT2D eigenvalue weighted by molar-refractivity contribution is 7.21. The molecule has 0 spiro atoms. The van der Waals surface area contributed by atoms with Crippen molar-refractivity contribution in [3.63, 3.8) is 0 Å². The molecule has 3 N–H and O–H groups in total. The Bertz CT molecular complexity index is 679. The third kappa shape index (κ3) is 3.06. The number of amides is 1. The molecule has 0 aliphatic carbocycles. The van der Waals surface area contributed by atoms with E-state index in [9.17, 15) is 9.59 Å². The summed E-state index contributed by atoms with van der Waals surface area (Å²) in [6, 6.07) is 6.85. The van der Waals surface area contributed by atoms with Crippen LogP contribution in [0.5, 0.6) is 0 Å². The Labute approximate surface area is 127 Å². The van der Waals surface area contributed by atoms with Gasteiger partial charge in [0.2, 0.25) is 5.91 Å². The molecule has 0 saturated carbocycles. The molecule has 0 aliphatic heterocycles. The number of nitrogens with one attached hydrogen (secondary N) is 1. The summed E-state index contributed by atoms with van der Waals surface area (Å²) in [6.45, 7) is 3.74. The van der Waals surface area contributed by atoms with Crippen molar-refractivity contribution in [2.24, 2.45) is 11.7 Å². The summed E-state index contributed by atoms with van der Waals surface area (Å²) in [5, 5.41) is 3.59. The molecule has 21 heavy (non-hydrogen) atoms. The SMILES string of the molecule is COC(=O)c1sc2ccccc2c1NC(=O)[C@H](N)C(C)C. The van der Waals surface area contributed by atoms with Crippen LogP contribution in [0.2, 0.25) is 0 Å². The monoisotopic (exact) mass is 306 g/mol. The molecule has 1 heterocycles. The highest BCUT2D eigenvalue weighted by Gasteiger charge is 2.24. The summed E-state index contributed by atoms with van der Waals surface area (Å²) in [5.74, 6) is -0.764. The lowest BCUT2D eigenvalue weighted by molar-refractivity contribution is -0.118. The molecule has 1 atom stereocenters. The predicted molar refractivity (Wildman–Crippen MR) is 84.6 cm³/mol. The Balaban J connectivity index is 2.45. The molecule has 0 radical (unpaired) electrons. The van der Waals surface area contributed by atoms with Gasteiger partial charge in [-0.05, 0) is 12.0 Å². The van der Waals surface area contributed by atoms with Crippen LogP contribution in [0, 0.1) is 5.92 Å². The van der Waals surface area contributed by atoms with E-state index in [-0.39, 0.29) is 11.8 Å². The van der Waals surface area contributed by atoms with Gasteiger partial charge in [-0.1, -0.05) is 32.0 Å². The van der Waals surface area contributed by atoms with Crippen LogP contribution < -0.4 is 11.1 Å². The summed E-state index contributed by atoms with van der Waals surface area (Å²) in [4.78, 5) is 24.4. The average molecular weight is 306 g/mol. The number of hydrogen-bond donors (Lipinski definition) is 2. The van der Waals surface area contributed by atoms with Gasteiger partial charge in [0, 0.05) is 10.1 Å². The lowest BCUT2D eigenvalue weighted by Crippen LogP contribution is -2.39. The number of esters is 1. The topological polar surface area (TPSA) is 81.4 Å². The minimum absolute atomic E-state index is 0.0106. The van der Waals surface area contributed by atoms with E-state index >= 15 is 0 Å². The standard InChI is InChI=1S/C15H18N2O3S/c1-8(2)11(16)14(18)17-12-9-6-4-5-7-10(9)21-13(12)15(19)20-3/h4-8,11H,16H2,1-3H3,(H,17,18)/t11-/m1/s1. The van der Waals surface area contributed by atoms with Crippen molar-refractivity contribution >= 4 is 39.0 Å². The Morgan fingerprint density at radius 2 is 1.95 bits per heavy atom. The van der Waals surface area contributed by atoms with Gasteiger partial charge in [0.15, 0.2) is 0 Å². The number of carbonyl (C=O) groups excluding carboxylic acids is 2. The third-order valence-corrected chi connectivity index (χ3v) is 4.39. The fourth-order valence-electron chi connectivity index (χ4n) is 1.92. The van der Waals surface area contributed by atoms with Crippen molar-refractivity contribution in [3.8, 4) is 0 Å². The Hall–Kier alpha value is -1.92. The second-order valence-corrected chi connectivity index (χ2v) is 6.11. The molecular formula is C15H18N2O3S. The molecule has 1 aromatic heterocycles. The van der Waals surface area contributed by atoms with E-state index in [1.54, 1.807) is 0 Å². The van der Waals surface area contributed by atoms with Crippen molar-refractivity contribution in [1.82, 2.24) is 0 Å². The van der Waals surface area contributed by atoms with Gasteiger partial charge in [0.1, 0.15) is 4.88 Å². The van der Waals surface area contributed by atoms with Crippen molar-refractivity contribution in [2.45, 2.75) is 19.9 Å². The normalized spacial score (nSPS) is 12.4. The van der Waals surface area contributed by atoms with Crippen LogP contribution in [0.4, 0.5) is 5.69 Å². The Morgan fingerprint density at radius 3 is 2.57 bits per heavy atom. The number of nitrogens with two attached hydrogens (primary N) is 1. The van der Waals surface area contributed by atoms with E-state index < -0.39 is 12.0 Å². The van der Waals surface area contributed by atoms with Crippen LogP contribution in [0.25, 0.3) is 10.1 Å². The number of benzene rings is 1. The van der Waals surface area contributed by atoms with E-state index in [1.807, 2.05) is 38.1 Å². The summed E-state index contributed by atoms with van der Waals surface area (Å²) in [7, 11) is 1.32. The van der Waals surface area contributed by atoms with Crippen LogP contribution in [-0.2, 0) is 9.53 Å². The summed E-state index contributed by atoms with van der Waals surface area (Å²) in [5.41, 5.74) is 6.33. The average Bonchev–Trinajstić information content (AvgIpc) is 2.84. The highest BCUT2D eigenvalue weighted by atomic mass is 32.1. The van der Waals surface area contributed by atoms with Gasteiger partial charge in [-0.15, -0.1) is 11.3 Å². The summed E-state index contributed by atoms with van der Waals surface area (Å²) in [6.07, 6.45) is 0. The maximum absolute atomic E-state index is 12.2. The Morgan fingerprint density at radius 1 is 1.29 bits per heavy atom. The van der Waals surface area contributed by atoms with E-state index in [2.05, 4.69) is 5.32 Å². The third-order valence-electron chi connectivity index (χ3n) is 3.24. The molecule has 0 bridgehead atoms. The first kappa shape index (κ1) is 15.5. The van der Waals surface area contributed by atoms with Crippen LogP contribution in [0.15, 0.2) is 24.3 Å². The fourth-order valence-corrected chi connectivity index (χ4v) is 2.99. The molecule has 1 aromatic carbocycles. The van der Waals surface area contributed by atoms with Gasteiger partial charge < -0.3 is 15.8 Å². The molecule has 0 fully saturated rings. The fraction of sp³-hybridized carbons (Fsp3) is 0.333. The van der Waals surface area contributed by atoms with Crippen LogP contribution in [0.3, 0.4) is 0 Å². The van der Waals surface area contributed by atoms with Crippen LogP contribution in [-0.4, -0.2) is 25.0 Å². The molecule has 5 nitrogen and oxygen atoms in total. The number of anilines is 1. The van der Waals surface area contributed by atoms with Gasteiger partial charge in [-0.3, -0.25) is 4.79 Å². The van der Waals surface area contributed by atoms with Crippen molar-refractivity contribution in [3.05, 3.63) is 29.1 Å². The van der Waals surface area contributed by atoms with Gasteiger partial charge in [0.25, 0.3) is 0 Å².